The van der Waals surface area contributed by atoms with Crippen LogP contribution in [0.15, 0.2) is 70.6 Å². The lowest BCUT2D eigenvalue weighted by atomic mass is 9.72. The molecule has 0 saturated heterocycles. The summed E-state index contributed by atoms with van der Waals surface area (Å²) in [7, 11) is 0. The summed E-state index contributed by atoms with van der Waals surface area (Å²) >= 11 is 2.95. The number of aromatic nitrogens is 2. The SMILES string of the molecule is CC(C)(C)C1CCc2c(sc3nc(SCC(=O)Nc4ccccc4)n(-c4ccccc4)c(=O)c23)C1. The smallest absolute Gasteiger partial charge is 0.267 e. The van der Waals surface area contributed by atoms with Crippen molar-refractivity contribution in [2.75, 3.05) is 11.1 Å². The van der Waals surface area contributed by atoms with Gasteiger partial charge in [-0.2, -0.15) is 0 Å². The third-order valence-corrected chi connectivity index (χ3v) is 8.77. The monoisotopic (exact) mass is 503 g/mol. The molecule has 7 heteroatoms. The summed E-state index contributed by atoms with van der Waals surface area (Å²) in [6.07, 6.45) is 2.99. The highest BCUT2D eigenvalue weighted by molar-refractivity contribution is 7.99. The zero-order chi connectivity index (χ0) is 24.6. The first kappa shape index (κ1) is 23.8. The average molecular weight is 504 g/mol. The van der Waals surface area contributed by atoms with E-state index in [1.807, 2.05) is 60.7 Å². The van der Waals surface area contributed by atoms with Crippen molar-refractivity contribution >= 4 is 44.9 Å². The van der Waals surface area contributed by atoms with Gasteiger partial charge in [0.1, 0.15) is 4.83 Å². The quantitative estimate of drug-likeness (QED) is 0.255. The van der Waals surface area contributed by atoms with E-state index in [2.05, 4.69) is 26.1 Å². The van der Waals surface area contributed by atoms with Gasteiger partial charge in [0.05, 0.1) is 16.8 Å². The Hall–Kier alpha value is -2.90. The average Bonchev–Trinajstić information content (AvgIpc) is 3.21. The van der Waals surface area contributed by atoms with E-state index in [1.54, 1.807) is 15.9 Å². The van der Waals surface area contributed by atoms with Gasteiger partial charge in [-0.1, -0.05) is 68.9 Å². The van der Waals surface area contributed by atoms with Crippen LogP contribution in [0, 0.1) is 11.3 Å². The second kappa shape index (κ2) is 9.63. The molecule has 1 atom stereocenters. The van der Waals surface area contributed by atoms with E-state index in [0.29, 0.717) is 11.1 Å². The molecule has 5 nitrogen and oxygen atoms in total. The minimum Gasteiger partial charge on any atom is -0.325 e. The highest BCUT2D eigenvalue weighted by Crippen LogP contribution is 2.42. The molecule has 0 saturated carbocycles. The Morgan fingerprint density at radius 2 is 1.80 bits per heavy atom. The zero-order valence-corrected chi connectivity index (χ0v) is 21.8. The number of rotatable bonds is 5. The van der Waals surface area contributed by atoms with Crippen molar-refractivity contribution < 1.29 is 4.79 Å². The molecule has 2 aromatic carbocycles. The van der Waals surface area contributed by atoms with Crippen LogP contribution in [0.1, 0.15) is 37.6 Å². The molecule has 35 heavy (non-hydrogen) atoms. The van der Waals surface area contributed by atoms with Crippen LogP contribution in [0.2, 0.25) is 0 Å². The van der Waals surface area contributed by atoms with Gasteiger partial charge in [0.25, 0.3) is 5.56 Å². The third-order valence-electron chi connectivity index (χ3n) is 6.68. The van der Waals surface area contributed by atoms with Gasteiger partial charge < -0.3 is 5.32 Å². The molecule has 2 aromatic heterocycles. The van der Waals surface area contributed by atoms with Crippen LogP contribution in [-0.2, 0) is 17.6 Å². The zero-order valence-electron chi connectivity index (χ0n) is 20.2. The molecular weight excluding hydrogens is 474 g/mol. The molecule has 0 fully saturated rings. The van der Waals surface area contributed by atoms with E-state index in [9.17, 15) is 9.59 Å². The molecule has 4 aromatic rings. The van der Waals surface area contributed by atoms with E-state index in [4.69, 9.17) is 4.98 Å². The number of aryl methyl sites for hydroxylation is 1. The summed E-state index contributed by atoms with van der Waals surface area (Å²) in [5.41, 5.74) is 2.88. The van der Waals surface area contributed by atoms with Crippen LogP contribution in [-0.4, -0.2) is 21.2 Å². The molecule has 0 spiro atoms. The molecule has 0 radical (unpaired) electrons. The van der Waals surface area contributed by atoms with Crippen molar-refractivity contribution in [1.29, 1.82) is 0 Å². The van der Waals surface area contributed by atoms with Crippen molar-refractivity contribution in [2.45, 2.75) is 45.2 Å². The van der Waals surface area contributed by atoms with E-state index in [-0.39, 0.29) is 22.6 Å². The number of nitrogens with zero attached hydrogens (tertiary/aromatic N) is 2. The predicted octanol–water partition coefficient (Wildman–Crippen LogP) is 6.33. The summed E-state index contributed by atoms with van der Waals surface area (Å²) in [6, 6.07) is 19.0. The Morgan fingerprint density at radius 3 is 2.49 bits per heavy atom. The molecule has 1 aliphatic rings. The summed E-state index contributed by atoms with van der Waals surface area (Å²) in [4.78, 5) is 33.6. The van der Waals surface area contributed by atoms with Gasteiger partial charge in [0.15, 0.2) is 5.16 Å². The molecule has 0 bridgehead atoms. The lowest BCUT2D eigenvalue weighted by Crippen LogP contribution is -2.27. The molecule has 1 amide bonds. The van der Waals surface area contributed by atoms with E-state index >= 15 is 0 Å². The fourth-order valence-corrected chi connectivity index (χ4v) is 6.85. The Morgan fingerprint density at radius 1 is 1.11 bits per heavy atom. The number of hydrogen-bond donors (Lipinski definition) is 1. The van der Waals surface area contributed by atoms with Crippen LogP contribution < -0.4 is 10.9 Å². The number of carbonyl (C=O) groups is 1. The number of carbonyl (C=O) groups excluding carboxylic acids is 1. The van der Waals surface area contributed by atoms with Crippen LogP contribution in [0.3, 0.4) is 0 Å². The van der Waals surface area contributed by atoms with Gasteiger partial charge in [-0.25, -0.2) is 4.98 Å². The first-order valence-corrected chi connectivity index (χ1v) is 13.7. The van der Waals surface area contributed by atoms with Crippen molar-refractivity contribution in [1.82, 2.24) is 9.55 Å². The fraction of sp³-hybridized carbons (Fsp3) is 0.321. The molecule has 5 rings (SSSR count). The van der Waals surface area contributed by atoms with Crippen molar-refractivity contribution in [3.8, 4) is 5.69 Å². The van der Waals surface area contributed by atoms with Crippen molar-refractivity contribution in [2.24, 2.45) is 11.3 Å². The maximum Gasteiger partial charge on any atom is 0.267 e. The lowest BCUT2D eigenvalue weighted by Gasteiger charge is -2.33. The normalized spacial score (nSPS) is 15.7. The number of anilines is 1. The first-order valence-electron chi connectivity index (χ1n) is 11.9. The Bertz CT molecular complexity index is 1420. The predicted molar refractivity (Wildman–Crippen MR) is 146 cm³/mol. The van der Waals surface area contributed by atoms with Gasteiger partial charge in [-0.15, -0.1) is 11.3 Å². The maximum atomic E-state index is 13.9. The standard InChI is InChI=1S/C28H29N3O2S2/c1-28(2,3)18-14-15-21-22(16-18)35-25-24(21)26(33)31(20-12-8-5-9-13-20)27(30-25)34-17-23(32)29-19-10-6-4-7-11-19/h4-13,18H,14-17H2,1-3H3,(H,29,32). The first-order chi connectivity index (χ1) is 16.8. The summed E-state index contributed by atoms with van der Waals surface area (Å²) in [5, 5.41) is 4.20. The molecule has 0 aliphatic heterocycles. The largest absolute Gasteiger partial charge is 0.325 e. The number of nitrogens with one attached hydrogen (secondary N) is 1. The van der Waals surface area contributed by atoms with Crippen LogP contribution >= 0.6 is 23.1 Å². The maximum absolute atomic E-state index is 13.9. The molecule has 1 N–H and O–H groups in total. The minimum atomic E-state index is -0.131. The second-order valence-electron chi connectivity index (χ2n) is 10.1. The Kier molecular flexibility index (Phi) is 6.55. The number of fused-ring (bicyclic) bond motifs is 3. The number of thioether (sulfide) groups is 1. The topological polar surface area (TPSA) is 64.0 Å². The molecule has 180 valence electrons. The van der Waals surface area contributed by atoms with Crippen molar-refractivity contribution in [3.63, 3.8) is 0 Å². The highest BCUT2D eigenvalue weighted by Gasteiger charge is 2.32. The molecule has 1 unspecified atom stereocenters. The van der Waals surface area contributed by atoms with Crippen molar-refractivity contribution in [3.05, 3.63) is 81.5 Å². The van der Waals surface area contributed by atoms with Gasteiger partial charge in [0.2, 0.25) is 5.91 Å². The molecule has 1 aliphatic carbocycles. The third kappa shape index (κ3) is 4.93. The van der Waals surface area contributed by atoms with Crippen LogP contribution in [0.5, 0.6) is 0 Å². The number of thiophene rings is 1. The van der Waals surface area contributed by atoms with E-state index in [0.717, 1.165) is 40.9 Å². The minimum absolute atomic E-state index is 0.0427. The summed E-state index contributed by atoms with van der Waals surface area (Å²) in [6.45, 7) is 6.89. The van der Waals surface area contributed by atoms with Gasteiger partial charge in [0, 0.05) is 10.6 Å². The van der Waals surface area contributed by atoms with Crippen LogP contribution in [0.25, 0.3) is 15.9 Å². The Labute approximate surface area is 213 Å². The number of hydrogen-bond acceptors (Lipinski definition) is 5. The van der Waals surface area contributed by atoms with Gasteiger partial charge in [-0.05, 0) is 60.4 Å². The van der Waals surface area contributed by atoms with E-state index in [1.165, 1.54) is 22.2 Å². The summed E-state index contributed by atoms with van der Waals surface area (Å²) < 4.78 is 1.67. The summed E-state index contributed by atoms with van der Waals surface area (Å²) in [5.74, 6) is 0.625. The number of benzene rings is 2. The highest BCUT2D eigenvalue weighted by atomic mass is 32.2. The van der Waals surface area contributed by atoms with E-state index < -0.39 is 0 Å². The fourth-order valence-electron chi connectivity index (χ4n) is 4.70. The molecular formula is C28H29N3O2S2. The van der Waals surface area contributed by atoms with Gasteiger partial charge in [-0.3, -0.25) is 14.2 Å². The second-order valence-corrected chi connectivity index (χ2v) is 12.1. The Balaban J connectivity index is 1.53. The number of para-hydroxylation sites is 2. The van der Waals surface area contributed by atoms with Gasteiger partial charge >= 0.3 is 0 Å². The number of amides is 1. The van der Waals surface area contributed by atoms with Crippen LogP contribution in [0.4, 0.5) is 5.69 Å². The lowest BCUT2D eigenvalue weighted by molar-refractivity contribution is -0.113. The molecule has 2 heterocycles.